The zero-order valence-corrected chi connectivity index (χ0v) is 12.0. The van der Waals surface area contributed by atoms with Gasteiger partial charge in [-0.15, -0.1) is 0 Å². The van der Waals surface area contributed by atoms with Gasteiger partial charge in [-0.25, -0.2) is 0 Å². The van der Waals surface area contributed by atoms with Gasteiger partial charge in [-0.2, -0.15) is 4.98 Å². The van der Waals surface area contributed by atoms with Crippen LogP contribution in [0.3, 0.4) is 0 Å². The Morgan fingerprint density at radius 1 is 1.22 bits per heavy atom. The molecule has 2 aliphatic rings. The van der Waals surface area contributed by atoms with Gasteiger partial charge in [-0.1, -0.05) is 34.8 Å². The van der Waals surface area contributed by atoms with Gasteiger partial charge in [-0.05, 0) is 6.07 Å². The Hall–Kier alpha value is -0.0300. The van der Waals surface area contributed by atoms with E-state index in [0.717, 1.165) is 0 Å². The molecule has 0 aromatic carbocycles. The van der Waals surface area contributed by atoms with Gasteiger partial charge in [0.05, 0.1) is 18.2 Å². The quantitative estimate of drug-likeness (QED) is 0.481. The number of nitrogens with zero attached hydrogens (tertiary/aromatic N) is 1. The molecule has 0 saturated carbocycles. The van der Waals surface area contributed by atoms with Crippen molar-refractivity contribution in [2.75, 3.05) is 13.2 Å². The van der Waals surface area contributed by atoms with Crippen molar-refractivity contribution < 1.29 is 18.6 Å². The molecule has 0 amide bonds. The van der Waals surface area contributed by atoms with Crippen LogP contribution in [0.2, 0.25) is 15.2 Å². The number of hydrogen-bond acceptors (Lipinski definition) is 5. The molecule has 2 unspecified atom stereocenters. The van der Waals surface area contributed by atoms with E-state index in [1.165, 1.54) is 6.07 Å². The number of aromatic nitrogens is 1. The second-order valence-corrected chi connectivity index (χ2v) is 7.66. The van der Waals surface area contributed by atoms with E-state index in [4.69, 9.17) is 48.8 Å². The van der Waals surface area contributed by atoms with Crippen molar-refractivity contribution in [1.82, 2.24) is 4.98 Å². The van der Waals surface area contributed by atoms with Crippen LogP contribution in [-0.2, 0) is 14.0 Å². The molecule has 3 rings (SSSR count). The van der Waals surface area contributed by atoms with Crippen molar-refractivity contribution in [2.45, 2.75) is 11.7 Å². The SMILES string of the molecule is O=P(Oc1nc(Cl)c(Cl)cc1Cl)(C1CO1)C1CO1. The third kappa shape index (κ3) is 2.36. The first kappa shape index (κ1) is 13.0. The maximum atomic E-state index is 12.6. The van der Waals surface area contributed by atoms with E-state index in [-0.39, 0.29) is 21.1 Å². The van der Waals surface area contributed by atoms with Crippen molar-refractivity contribution in [3.63, 3.8) is 0 Å². The maximum absolute atomic E-state index is 12.6. The average Bonchev–Trinajstić information content (AvgIpc) is 3.18. The Balaban J connectivity index is 1.91. The predicted octanol–water partition coefficient (Wildman–Crippen LogP) is 3.41. The van der Waals surface area contributed by atoms with Gasteiger partial charge in [0.25, 0.3) is 0 Å². The monoisotopic (exact) mass is 329 g/mol. The van der Waals surface area contributed by atoms with E-state index in [1.807, 2.05) is 0 Å². The lowest BCUT2D eigenvalue weighted by Gasteiger charge is -2.15. The molecule has 9 heteroatoms. The van der Waals surface area contributed by atoms with Crippen molar-refractivity contribution in [3.05, 3.63) is 21.3 Å². The normalized spacial score (nSPS) is 28.6. The second kappa shape index (κ2) is 4.51. The van der Waals surface area contributed by atoms with E-state index < -0.39 is 19.1 Å². The summed E-state index contributed by atoms with van der Waals surface area (Å²) in [6, 6.07) is 1.39. The van der Waals surface area contributed by atoms with Gasteiger partial charge in [0, 0.05) is 0 Å². The molecule has 0 radical (unpaired) electrons. The topological polar surface area (TPSA) is 64.2 Å². The van der Waals surface area contributed by atoms with Crippen LogP contribution in [0.1, 0.15) is 0 Å². The molecule has 1 aromatic rings. The van der Waals surface area contributed by atoms with Crippen LogP contribution in [0.5, 0.6) is 5.88 Å². The zero-order chi connectivity index (χ0) is 12.9. The van der Waals surface area contributed by atoms with Gasteiger partial charge >= 0.3 is 7.37 Å². The van der Waals surface area contributed by atoms with Crippen LogP contribution < -0.4 is 4.52 Å². The van der Waals surface area contributed by atoms with E-state index in [9.17, 15) is 4.57 Å². The number of rotatable bonds is 4. The molecule has 5 nitrogen and oxygen atoms in total. The van der Waals surface area contributed by atoms with Crippen molar-refractivity contribution in [2.24, 2.45) is 0 Å². The van der Waals surface area contributed by atoms with E-state index in [0.29, 0.717) is 13.2 Å². The highest BCUT2D eigenvalue weighted by atomic mass is 35.5. The standard InChI is InChI=1S/C9H7Cl3NO4P/c10-4-1-5(11)9(13-8(4)12)17-18(14,6-2-15-6)7-3-16-7/h1,6-7H,2-3H2. The number of pyridine rings is 1. The minimum absolute atomic E-state index is 0.0135. The summed E-state index contributed by atoms with van der Waals surface area (Å²) in [4.78, 5) is 3.87. The van der Waals surface area contributed by atoms with Crippen LogP contribution in [0.15, 0.2) is 6.07 Å². The lowest BCUT2D eigenvalue weighted by Crippen LogP contribution is -2.06. The minimum Gasteiger partial charge on any atom is -0.419 e. The first-order valence-corrected chi connectivity index (χ1v) is 7.94. The first-order chi connectivity index (χ1) is 8.50. The fourth-order valence-corrected chi connectivity index (χ4v) is 4.03. The molecule has 0 spiro atoms. The van der Waals surface area contributed by atoms with Gasteiger partial charge in [0.1, 0.15) is 5.02 Å². The fourth-order valence-electron chi connectivity index (χ4n) is 1.43. The summed E-state index contributed by atoms with van der Waals surface area (Å²) in [5, 5.41) is 0.385. The lowest BCUT2D eigenvalue weighted by molar-refractivity contribution is 0.380. The summed E-state index contributed by atoms with van der Waals surface area (Å²) >= 11 is 17.4. The highest BCUT2D eigenvalue weighted by Crippen LogP contribution is 2.65. The molecule has 2 atom stereocenters. The molecule has 2 aliphatic heterocycles. The van der Waals surface area contributed by atoms with Gasteiger partial charge in [0.2, 0.25) is 5.88 Å². The van der Waals surface area contributed by atoms with E-state index >= 15 is 0 Å². The van der Waals surface area contributed by atoms with Crippen LogP contribution in [0.4, 0.5) is 0 Å². The average molecular weight is 330 g/mol. The van der Waals surface area contributed by atoms with Gasteiger partial charge in [-0.3, -0.25) is 4.57 Å². The first-order valence-electron chi connectivity index (χ1n) is 5.04. The number of halogens is 3. The van der Waals surface area contributed by atoms with E-state index in [2.05, 4.69) is 4.98 Å². The summed E-state index contributed by atoms with van der Waals surface area (Å²) in [5.41, 5.74) is 0. The molecule has 18 heavy (non-hydrogen) atoms. The maximum Gasteiger partial charge on any atom is 0.309 e. The van der Waals surface area contributed by atoms with Crippen LogP contribution in [0, 0.1) is 0 Å². The molecular weight excluding hydrogens is 323 g/mol. The molecule has 1 aromatic heterocycles. The third-order valence-corrected chi connectivity index (χ3v) is 6.12. The van der Waals surface area contributed by atoms with Crippen molar-refractivity contribution in [3.8, 4) is 5.88 Å². The Labute approximate surface area is 118 Å². The highest BCUT2D eigenvalue weighted by molar-refractivity contribution is 7.61. The molecule has 98 valence electrons. The fraction of sp³-hybridized carbons (Fsp3) is 0.444. The summed E-state index contributed by atoms with van der Waals surface area (Å²) in [7, 11) is -3.12. The third-order valence-electron chi connectivity index (χ3n) is 2.52. The van der Waals surface area contributed by atoms with Crippen LogP contribution in [0.25, 0.3) is 0 Å². The number of epoxide rings is 2. The molecule has 2 fully saturated rings. The van der Waals surface area contributed by atoms with Crippen LogP contribution >= 0.6 is 42.2 Å². The van der Waals surface area contributed by atoms with Crippen LogP contribution in [-0.4, -0.2) is 29.9 Å². The number of hydrogen-bond donors (Lipinski definition) is 0. The Bertz CT molecular complexity index is 531. The summed E-state index contributed by atoms with van der Waals surface area (Å²) in [5.74, 6) is -0.907. The predicted molar refractivity (Wildman–Crippen MR) is 67.0 cm³/mol. The largest absolute Gasteiger partial charge is 0.419 e. The summed E-state index contributed by atoms with van der Waals surface area (Å²) in [6.45, 7) is 0.770. The lowest BCUT2D eigenvalue weighted by atomic mass is 10.5. The summed E-state index contributed by atoms with van der Waals surface area (Å²) in [6.07, 6.45) is 0. The molecule has 2 saturated heterocycles. The Morgan fingerprint density at radius 2 is 1.78 bits per heavy atom. The van der Waals surface area contributed by atoms with E-state index in [1.54, 1.807) is 0 Å². The van der Waals surface area contributed by atoms with Crippen molar-refractivity contribution in [1.29, 1.82) is 0 Å². The Kier molecular flexibility index (Phi) is 3.25. The number of ether oxygens (including phenoxy) is 2. The molecule has 0 N–H and O–H groups in total. The Morgan fingerprint density at radius 3 is 2.28 bits per heavy atom. The van der Waals surface area contributed by atoms with Gasteiger partial charge < -0.3 is 14.0 Å². The van der Waals surface area contributed by atoms with Crippen molar-refractivity contribution >= 4 is 42.2 Å². The molecule has 0 bridgehead atoms. The summed E-state index contributed by atoms with van der Waals surface area (Å²) < 4.78 is 28.1. The minimum atomic E-state index is -3.12. The molecule has 0 aliphatic carbocycles. The smallest absolute Gasteiger partial charge is 0.309 e. The zero-order valence-electron chi connectivity index (χ0n) is 8.81. The molecule has 3 heterocycles. The second-order valence-electron chi connectivity index (χ2n) is 3.86. The highest BCUT2D eigenvalue weighted by Gasteiger charge is 2.57. The van der Waals surface area contributed by atoms with Gasteiger partial charge in [0.15, 0.2) is 16.8 Å². The molecular formula is C9H7Cl3NO4P.